The molecule has 1 heterocycles. The normalized spacial score (nSPS) is 21.3. The van der Waals surface area contributed by atoms with E-state index in [4.69, 9.17) is 5.11 Å². The molecule has 0 spiro atoms. The lowest BCUT2D eigenvalue weighted by Gasteiger charge is -2.23. The summed E-state index contributed by atoms with van der Waals surface area (Å²) >= 11 is 1.86. The second kappa shape index (κ2) is 8.37. The molecule has 1 aliphatic heterocycles. The van der Waals surface area contributed by atoms with Gasteiger partial charge in [-0.15, -0.1) is 0 Å². The smallest absolute Gasteiger partial charge is 0.303 e. The Labute approximate surface area is 112 Å². The summed E-state index contributed by atoms with van der Waals surface area (Å²) in [5.41, 5.74) is 0. The van der Waals surface area contributed by atoms with Crippen molar-refractivity contribution in [2.24, 2.45) is 5.92 Å². The van der Waals surface area contributed by atoms with Crippen LogP contribution in [0.5, 0.6) is 0 Å². The number of carbonyl (C=O) groups excluding carboxylic acids is 1. The zero-order valence-corrected chi connectivity index (χ0v) is 11.6. The lowest BCUT2D eigenvalue weighted by molar-refractivity contribution is -0.138. The van der Waals surface area contributed by atoms with E-state index in [0.717, 1.165) is 24.5 Å². The topological polar surface area (TPSA) is 78.4 Å². The fourth-order valence-corrected chi connectivity index (χ4v) is 2.86. The Morgan fingerprint density at radius 2 is 2.33 bits per heavy atom. The third kappa shape index (κ3) is 6.26. The molecule has 18 heavy (non-hydrogen) atoms. The first-order valence-corrected chi connectivity index (χ1v) is 7.57. The number of thioether (sulfide) groups is 1. The largest absolute Gasteiger partial charge is 0.481 e. The van der Waals surface area contributed by atoms with Crippen LogP contribution in [0.15, 0.2) is 0 Å². The Hall–Kier alpha value is -0.750. The zero-order valence-electron chi connectivity index (χ0n) is 10.8. The molecule has 0 bridgehead atoms. The lowest BCUT2D eigenvalue weighted by atomic mass is 10.0. The fourth-order valence-electron chi connectivity index (χ4n) is 1.91. The van der Waals surface area contributed by atoms with Crippen LogP contribution in [0, 0.1) is 5.92 Å². The van der Waals surface area contributed by atoms with Crippen LogP contribution in [0.4, 0.5) is 0 Å². The summed E-state index contributed by atoms with van der Waals surface area (Å²) in [6.45, 7) is 3.36. The van der Waals surface area contributed by atoms with E-state index in [1.165, 1.54) is 0 Å². The Bertz CT molecular complexity index is 280. The average Bonchev–Trinajstić information content (AvgIpc) is 2.35. The van der Waals surface area contributed by atoms with Gasteiger partial charge in [0.05, 0.1) is 0 Å². The van der Waals surface area contributed by atoms with Gasteiger partial charge in [0.25, 0.3) is 0 Å². The summed E-state index contributed by atoms with van der Waals surface area (Å²) in [6.07, 6.45) is 1.37. The molecular formula is C12H22N2O3S. The summed E-state index contributed by atoms with van der Waals surface area (Å²) in [5, 5.41) is 14.9. The molecule has 0 aliphatic carbocycles. The van der Waals surface area contributed by atoms with Gasteiger partial charge in [0.1, 0.15) is 0 Å². The van der Waals surface area contributed by atoms with Gasteiger partial charge >= 0.3 is 5.97 Å². The van der Waals surface area contributed by atoms with Crippen LogP contribution in [-0.4, -0.2) is 47.6 Å². The van der Waals surface area contributed by atoms with Crippen molar-refractivity contribution in [1.82, 2.24) is 10.6 Å². The van der Waals surface area contributed by atoms with Gasteiger partial charge in [-0.25, -0.2) is 0 Å². The van der Waals surface area contributed by atoms with E-state index in [-0.39, 0.29) is 24.3 Å². The van der Waals surface area contributed by atoms with E-state index in [0.29, 0.717) is 13.0 Å². The minimum absolute atomic E-state index is 0.0128. The molecule has 0 aromatic carbocycles. The number of hydrogen-bond donors (Lipinski definition) is 3. The maximum Gasteiger partial charge on any atom is 0.303 e. The van der Waals surface area contributed by atoms with Crippen molar-refractivity contribution in [3.63, 3.8) is 0 Å². The summed E-state index contributed by atoms with van der Waals surface area (Å²) in [4.78, 5) is 22.3. The highest BCUT2D eigenvalue weighted by Crippen LogP contribution is 2.10. The highest BCUT2D eigenvalue weighted by atomic mass is 32.2. The van der Waals surface area contributed by atoms with E-state index in [2.05, 4.69) is 10.6 Å². The van der Waals surface area contributed by atoms with Crippen molar-refractivity contribution in [1.29, 1.82) is 0 Å². The number of carboxylic acids is 1. The first kappa shape index (κ1) is 15.3. The molecule has 3 N–H and O–H groups in total. The molecule has 0 saturated carbocycles. The molecule has 1 amide bonds. The molecule has 2 unspecified atom stereocenters. The van der Waals surface area contributed by atoms with E-state index in [1.54, 1.807) is 0 Å². The van der Waals surface area contributed by atoms with Crippen LogP contribution in [0.1, 0.15) is 26.2 Å². The van der Waals surface area contributed by atoms with Crippen LogP contribution in [0.2, 0.25) is 0 Å². The third-order valence-corrected chi connectivity index (χ3v) is 4.19. The highest BCUT2D eigenvalue weighted by Gasteiger charge is 2.18. The number of hydrogen-bond acceptors (Lipinski definition) is 4. The van der Waals surface area contributed by atoms with Gasteiger partial charge in [0.2, 0.25) is 5.91 Å². The number of aliphatic carboxylic acids is 1. The fraction of sp³-hybridized carbons (Fsp3) is 0.833. The van der Waals surface area contributed by atoms with Gasteiger partial charge in [0, 0.05) is 43.5 Å². The Balaban J connectivity index is 2.20. The van der Waals surface area contributed by atoms with Crippen molar-refractivity contribution in [3.05, 3.63) is 0 Å². The van der Waals surface area contributed by atoms with E-state index >= 15 is 0 Å². The Kier molecular flexibility index (Phi) is 7.12. The predicted octanol–water partition coefficient (Wildman–Crippen LogP) is 0.699. The molecule has 1 fully saturated rings. The number of nitrogens with one attached hydrogen (secondary N) is 2. The quantitative estimate of drug-likeness (QED) is 0.637. The lowest BCUT2D eigenvalue weighted by Crippen LogP contribution is -2.42. The maximum absolute atomic E-state index is 11.7. The summed E-state index contributed by atoms with van der Waals surface area (Å²) in [6, 6.07) is 0.253. The number of amides is 1. The van der Waals surface area contributed by atoms with Crippen molar-refractivity contribution in [2.45, 2.75) is 32.2 Å². The van der Waals surface area contributed by atoms with E-state index in [1.807, 2.05) is 18.7 Å². The third-order valence-electron chi connectivity index (χ3n) is 3.06. The second-order valence-corrected chi connectivity index (χ2v) is 5.76. The van der Waals surface area contributed by atoms with Crippen molar-refractivity contribution in [3.8, 4) is 0 Å². The van der Waals surface area contributed by atoms with Crippen molar-refractivity contribution in [2.75, 3.05) is 24.6 Å². The molecule has 5 nitrogen and oxygen atoms in total. The first-order valence-electron chi connectivity index (χ1n) is 6.41. The summed E-state index contributed by atoms with van der Waals surface area (Å²) in [5.74, 6) is 1.31. The molecule has 1 aliphatic rings. The van der Waals surface area contributed by atoms with Gasteiger partial charge in [-0.1, -0.05) is 13.3 Å². The molecule has 1 rings (SSSR count). The van der Waals surface area contributed by atoms with E-state index in [9.17, 15) is 9.59 Å². The van der Waals surface area contributed by atoms with E-state index < -0.39 is 5.97 Å². The SMILES string of the molecule is CCC(CNC(=O)CC1CSCCN1)CC(=O)O. The molecule has 104 valence electrons. The van der Waals surface area contributed by atoms with Crippen LogP contribution in [0.25, 0.3) is 0 Å². The average molecular weight is 274 g/mol. The van der Waals surface area contributed by atoms with Crippen molar-refractivity contribution >= 4 is 23.6 Å². The van der Waals surface area contributed by atoms with Crippen molar-refractivity contribution < 1.29 is 14.7 Å². The standard InChI is InChI=1S/C12H22N2O3S/c1-2-9(5-12(16)17)7-14-11(15)6-10-8-18-4-3-13-10/h9-10,13H,2-8H2,1H3,(H,14,15)(H,16,17). The van der Waals surface area contributed by atoms with Crippen LogP contribution in [0.3, 0.4) is 0 Å². The van der Waals surface area contributed by atoms with Gasteiger partial charge in [0.15, 0.2) is 0 Å². The van der Waals surface area contributed by atoms with Gasteiger partial charge in [-0.05, 0) is 5.92 Å². The molecule has 6 heteroatoms. The Morgan fingerprint density at radius 1 is 1.56 bits per heavy atom. The number of carboxylic acid groups (broad SMARTS) is 1. The molecular weight excluding hydrogens is 252 g/mol. The summed E-state index contributed by atoms with van der Waals surface area (Å²) in [7, 11) is 0. The highest BCUT2D eigenvalue weighted by molar-refractivity contribution is 7.99. The van der Waals surface area contributed by atoms with Crippen LogP contribution >= 0.6 is 11.8 Å². The first-order chi connectivity index (χ1) is 8.61. The number of carbonyl (C=O) groups is 2. The molecule has 0 radical (unpaired) electrons. The molecule has 2 atom stereocenters. The zero-order chi connectivity index (χ0) is 13.4. The maximum atomic E-state index is 11.7. The van der Waals surface area contributed by atoms with Gasteiger partial charge < -0.3 is 15.7 Å². The number of rotatable bonds is 7. The molecule has 1 saturated heterocycles. The second-order valence-electron chi connectivity index (χ2n) is 4.61. The Morgan fingerprint density at radius 3 is 2.89 bits per heavy atom. The molecule has 0 aromatic rings. The van der Waals surface area contributed by atoms with Gasteiger partial charge in [-0.2, -0.15) is 11.8 Å². The molecule has 0 aromatic heterocycles. The van der Waals surface area contributed by atoms with Crippen LogP contribution < -0.4 is 10.6 Å². The minimum atomic E-state index is -0.804. The minimum Gasteiger partial charge on any atom is -0.481 e. The monoisotopic (exact) mass is 274 g/mol. The van der Waals surface area contributed by atoms with Crippen LogP contribution in [-0.2, 0) is 9.59 Å². The predicted molar refractivity (Wildman–Crippen MR) is 72.8 cm³/mol. The summed E-state index contributed by atoms with van der Waals surface area (Å²) < 4.78 is 0. The van der Waals surface area contributed by atoms with Gasteiger partial charge in [-0.3, -0.25) is 9.59 Å².